The van der Waals surface area contributed by atoms with Gasteiger partial charge in [0, 0.05) is 28.5 Å². The minimum absolute atomic E-state index is 0.265. The van der Waals surface area contributed by atoms with Gasteiger partial charge in [-0.05, 0) is 35.7 Å². The Morgan fingerprint density at radius 2 is 1.95 bits per heavy atom. The van der Waals surface area contributed by atoms with E-state index in [1.807, 2.05) is 34.5 Å². The minimum Gasteiger partial charge on any atom is -0.478 e. The van der Waals surface area contributed by atoms with Gasteiger partial charge in [-0.1, -0.05) is 12.0 Å². The number of carbonyl (C=O) groups is 1. The molecule has 3 nitrogen and oxygen atoms in total. The van der Waals surface area contributed by atoms with Gasteiger partial charge >= 0.3 is 5.97 Å². The predicted molar refractivity (Wildman–Crippen MR) is 84.0 cm³/mol. The highest BCUT2D eigenvalue weighted by atomic mass is 32.1. The van der Waals surface area contributed by atoms with Crippen LogP contribution in [0.3, 0.4) is 0 Å². The van der Waals surface area contributed by atoms with Gasteiger partial charge in [-0.25, -0.2) is 4.79 Å². The summed E-state index contributed by atoms with van der Waals surface area (Å²) in [7, 11) is 0. The lowest BCUT2D eigenvalue weighted by Crippen LogP contribution is -1.97. The summed E-state index contributed by atoms with van der Waals surface area (Å²) >= 11 is 1.63. The van der Waals surface area contributed by atoms with Gasteiger partial charge < -0.3 is 9.67 Å². The lowest BCUT2D eigenvalue weighted by atomic mass is 10.2. The number of hydrogen-bond acceptors (Lipinski definition) is 2. The van der Waals surface area contributed by atoms with Crippen molar-refractivity contribution in [1.29, 1.82) is 0 Å². The van der Waals surface area contributed by atoms with Crippen LogP contribution >= 0.6 is 11.3 Å². The van der Waals surface area contributed by atoms with Crippen LogP contribution in [0.25, 0.3) is 16.1 Å². The van der Waals surface area contributed by atoms with Crippen molar-refractivity contribution in [2.45, 2.75) is 0 Å². The molecule has 3 rings (SSSR count). The van der Waals surface area contributed by atoms with Gasteiger partial charge in [0.1, 0.15) is 0 Å². The third kappa shape index (κ3) is 2.47. The first-order valence-electron chi connectivity index (χ1n) is 6.25. The molecule has 0 saturated heterocycles. The molecule has 0 atom stereocenters. The van der Waals surface area contributed by atoms with Crippen molar-refractivity contribution in [2.75, 3.05) is 0 Å². The Morgan fingerprint density at radius 1 is 1.19 bits per heavy atom. The fourth-order valence-corrected chi connectivity index (χ4v) is 2.87. The van der Waals surface area contributed by atoms with Crippen molar-refractivity contribution in [3.05, 3.63) is 65.3 Å². The van der Waals surface area contributed by atoms with Gasteiger partial charge in [0.05, 0.1) is 11.1 Å². The number of carboxylic acids is 1. The molecule has 102 valence electrons. The Hall–Kier alpha value is -2.77. The van der Waals surface area contributed by atoms with Crippen LogP contribution in [0.2, 0.25) is 0 Å². The Balaban J connectivity index is 2.04. The second kappa shape index (κ2) is 5.31. The minimum atomic E-state index is -0.933. The zero-order valence-corrected chi connectivity index (χ0v) is 11.8. The molecule has 2 aromatic heterocycles. The van der Waals surface area contributed by atoms with Crippen molar-refractivity contribution in [2.24, 2.45) is 0 Å². The molecule has 0 bridgehead atoms. The molecular formula is C17H11NO2S. The number of aromatic nitrogens is 1. The van der Waals surface area contributed by atoms with Crippen molar-refractivity contribution >= 4 is 17.3 Å². The van der Waals surface area contributed by atoms with Crippen molar-refractivity contribution in [3.63, 3.8) is 0 Å². The van der Waals surface area contributed by atoms with Crippen LogP contribution in [0.4, 0.5) is 0 Å². The summed E-state index contributed by atoms with van der Waals surface area (Å²) in [6, 6.07) is 10.7. The molecule has 0 spiro atoms. The number of carboxylic acid groups (broad SMARTS) is 1. The second-order valence-electron chi connectivity index (χ2n) is 4.47. The second-order valence-corrected chi connectivity index (χ2v) is 5.41. The number of terminal acetylenes is 1. The molecule has 21 heavy (non-hydrogen) atoms. The largest absolute Gasteiger partial charge is 0.478 e. The highest BCUT2D eigenvalue weighted by molar-refractivity contribution is 7.13. The van der Waals surface area contributed by atoms with Crippen molar-refractivity contribution in [3.8, 4) is 28.5 Å². The number of rotatable bonds is 3. The first kappa shape index (κ1) is 13.2. The van der Waals surface area contributed by atoms with Gasteiger partial charge in [0.15, 0.2) is 0 Å². The first-order chi connectivity index (χ1) is 10.2. The smallest absolute Gasteiger partial charge is 0.335 e. The van der Waals surface area contributed by atoms with E-state index in [-0.39, 0.29) is 5.56 Å². The van der Waals surface area contributed by atoms with E-state index < -0.39 is 5.97 Å². The zero-order chi connectivity index (χ0) is 14.8. The molecule has 2 heterocycles. The van der Waals surface area contributed by atoms with Gasteiger partial charge in [-0.15, -0.1) is 17.8 Å². The maximum atomic E-state index is 10.9. The fraction of sp³-hybridized carbons (Fsp3) is 0. The number of benzene rings is 1. The number of thiophene rings is 1. The van der Waals surface area contributed by atoms with Gasteiger partial charge in [0.25, 0.3) is 0 Å². The third-order valence-corrected chi connectivity index (χ3v) is 4.08. The predicted octanol–water partition coefficient (Wildman–Crippen LogP) is 3.89. The normalized spacial score (nSPS) is 10.2. The maximum Gasteiger partial charge on any atom is 0.335 e. The number of aromatic carboxylic acids is 1. The number of nitrogens with zero attached hydrogens (tertiary/aromatic N) is 1. The Kier molecular flexibility index (Phi) is 3.35. The molecule has 0 amide bonds. The van der Waals surface area contributed by atoms with Gasteiger partial charge in [-0.3, -0.25) is 0 Å². The maximum absolute atomic E-state index is 10.9. The molecule has 4 heteroatoms. The van der Waals surface area contributed by atoms with Crippen molar-refractivity contribution < 1.29 is 9.90 Å². The molecule has 0 unspecified atom stereocenters. The van der Waals surface area contributed by atoms with E-state index in [0.29, 0.717) is 0 Å². The molecule has 1 N–H and O–H groups in total. The summed E-state index contributed by atoms with van der Waals surface area (Å²) in [6.45, 7) is 0. The van der Waals surface area contributed by atoms with Crippen LogP contribution < -0.4 is 0 Å². The molecule has 0 saturated carbocycles. The highest BCUT2D eigenvalue weighted by Gasteiger charge is 2.10. The summed E-state index contributed by atoms with van der Waals surface area (Å²) in [6.07, 6.45) is 9.42. The summed E-state index contributed by atoms with van der Waals surface area (Å²) in [5.74, 6) is 1.76. The summed E-state index contributed by atoms with van der Waals surface area (Å²) in [5, 5.41) is 10.9. The standard InChI is InChI=1S/C17H11NO2S/c1-2-12-10-18(11-15(12)16-4-3-9-21-16)14-7-5-13(6-8-14)17(19)20/h1,3-11H,(H,19,20). The lowest BCUT2D eigenvalue weighted by molar-refractivity contribution is 0.0697. The van der Waals surface area contributed by atoms with Gasteiger partial charge in [0.2, 0.25) is 0 Å². The van der Waals surface area contributed by atoms with Crippen molar-refractivity contribution in [1.82, 2.24) is 4.57 Å². The number of hydrogen-bond donors (Lipinski definition) is 1. The topological polar surface area (TPSA) is 42.2 Å². The molecule has 0 aliphatic rings. The van der Waals surface area contributed by atoms with Crippen LogP contribution in [-0.4, -0.2) is 15.6 Å². The molecule has 0 fully saturated rings. The van der Waals surface area contributed by atoms with E-state index in [2.05, 4.69) is 5.92 Å². The Labute approximate surface area is 126 Å². The molecule has 0 aliphatic carbocycles. The van der Waals surface area contributed by atoms with Crippen LogP contribution in [0, 0.1) is 12.3 Å². The molecule has 0 aliphatic heterocycles. The van der Waals surface area contributed by atoms with Crippen LogP contribution in [-0.2, 0) is 0 Å². The van der Waals surface area contributed by atoms with Crippen LogP contribution in [0.15, 0.2) is 54.2 Å². The Morgan fingerprint density at radius 3 is 2.52 bits per heavy atom. The molecular weight excluding hydrogens is 282 g/mol. The summed E-state index contributed by atoms with van der Waals surface area (Å²) < 4.78 is 1.91. The average Bonchev–Trinajstić information content (AvgIpc) is 3.16. The van der Waals surface area contributed by atoms with E-state index in [4.69, 9.17) is 11.5 Å². The zero-order valence-electron chi connectivity index (χ0n) is 11.0. The average molecular weight is 293 g/mol. The lowest BCUT2D eigenvalue weighted by Gasteiger charge is -2.02. The molecule has 3 aromatic rings. The quantitative estimate of drug-likeness (QED) is 0.744. The summed E-state index contributed by atoms with van der Waals surface area (Å²) in [4.78, 5) is 12.0. The van der Waals surface area contributed by atoms with Crippen LogP contribution in [0.1, 0.15) is 15.9 Å². The van der Waals surface area contributed by atoms with Crippen LogP contribution in [0.5, 0.6) is 0 Å². The monoisotopic (exact) mass is 293 g/mol. The summed E-state index contributed by atoms with van der Waals surface area (Å²) in [5.41, 5.74) is 2.97. The highest BCUT2D eigenvalue weighted by Crippen LogP contribution is 2.29. The van der Waals surface area contributed by atoms with E-state index >= 15 is 0 Å². The van der Waals surface area contributed by atoms with Gasteiger partial charge in [-0.2, -0.15) is 0 Å². The van der Waals surface area contributed by atoms with E-state index in [9.17, 15) is 4.79 Å². The van der Waals surface area contributed by atoms with E-state index in [1.165, 1.54) is 0 Å². The molecule has 1 aromatic carbocycles. The third-order valence-electron chi connectivity index (χ3n) is 3.18. The SMILES string of the molecule is C#Cc1cn(-c2ccc(C(=O)O)cc2)cc1-c1cccs1. The Bertz CT molecular complexity index is 821. The fourth-order valence-electron chi connectivity index (χ4n) is 2.12. The molecule has 0 radical (unpaired) electrons. The van der Waals surface area contributed by atoms with E-state index in [0.717, 1.165) is 21.7 Å². The van der Waals surface area contributed by atoms with E-state index in [1.54, 1.807) is 35.6 Å². The first-order valence-corrected chi connectivity index (χ1v) is 7.13.